The lowest BCUT2D eigenvalue weighted by Crippen LogP contribution is -2.48. The van der Waals surface area contributed by atoms with Gasteiger partial charge >= 0.3 is 0 Å². The minimum Gasteiger partial charge on any atom is -0.368 e. The Bertz CT molecular complexity index is 1040. The molecule has 0 radical (unpaired) electrons. The van der Waals surface area contributed by atoms with Crippen molar-refractivity contribution in [2.24, 2.45) is 0 Å². The molecule has 0 unspecified atom stereocenters. The first-order valence-electron chi connectivity index (χ1n) is 9.76. The molecule has 154 valence electrons. The van der Waals surface area contributed by atoms with Crippen LogP contribution in [0.3, 0.4) is 0 Å². The Kier molecular flexibility index (Phi) is 6.06. The third-order valence-corrected chi connectivity index (χ3v) is 6.49. The van der Waals surface area contributed by atoms with Crippen LogP contribution in [0.2, 0.25) is 5.02 Å². The molecule has 2 amide bonds. The zero-order valence-electron chi connectivity index (χ0n) is 16.6. The summed E-state index contributed by atoms with van der Waals surface area (Å²) >= 11 is 7.60. The maximum absolute atomic E-state index is 12.5. The summed E-state index contributed by atoms with van der Waals surface area (Å²) in [6.07, 6.45) is 0. The summed E-state index contributed by atoms with van der Waals surface area (Å²) in [6.45, 7) is 4.86. The number of anilines is 2. The highest BCUT2D eigenvalue weighted by Crippen LogP contribution is 2.22. The van der Waals surface area contributed by atoms with Crippen molar-refractivity contribution < 1.29 is 9.59 Å². The second-order valence-corrected chi connectivity index (χ2v) is 8.58. The van der Waals surface area contributed by atoms with Crippen molar-refractivity contribution in [3.05, 3.63) is 81.0 Å². The first-order valence-corrected chi connectivity index (χ1v) is 11.0. The van der Waals surface area contributed by atoms with E-state index >= 15 is 0 Å². The molecule has 1 aromatic heterocycles. The van der Waals surface area contributed by atoms with Gasteiger partial charge in [0.2, 0.25) is 0 Å². The van der Waals surface area contributed by atoms with E-state index in [9.17, 15) is 9.59 Å². The van der Waals surface area contributed by atoms with Gasteiger partial charge in [0, 0.05) is 48.1 Å². The Labute approximate surface area is 184 Å². The van der Waals surface area contributed by atoms with Gasteiger partial charge in [-0.3, -0.25) is 9.59 Å². The van der Waals surface area contributed by atoms with Gasteiger partial charge in [0.1, 0.15) is 0 Å². The standard InChI is InChI=1S/C23H22ClN3O2S/c1-16-4-5-17(15-20(16)24)22(28)25-18-6-8-19(9-7-18)26-10-12-27(13-11-26)23(29)21-3-2-14-30-21/h2-9,14-15H,10-13H2,1H3,(H,25,28). The number of carbonyl (C=O) groups is 2. The molecule has 1 N–H and O–H groups in total. The van der Waals surface area contributed by atoms with Gasteiger partial charge in [-0.2, -0.15) is 0 Å². The number of carbonyl (C=O) groups excluding carboxylic acids is 2. The number of amides is 2. The van der Waals surface area contributed by atoms with Gasteiger partial charge < -0.3 is 15.1 Å². The molecule has 4 rings (SSSR count). The van der Waals surface area contributed by atoms with E-state index in [1.54, 1.807) is 12.1 Å². The van der Waals surface area contributed by atoms with Gasteiger partial charge in [0.15, 0.2) is 0 Å². The van der Waals surface area contributed by atoms with Crippen LogP contribution >= 0.6 is 22.9 Å². The fourth-order valence-corrected chi connectivity index (χ4v) is 4.29. The predicted molar refractivity (Wildman–Crippen MR) is 123 cm³/mol. The van der Waals surface area contributed by atoms with Gasteiger partial charge in [0.25, 0.3) is 11.8 Å². The molecule has 2 heterocycles. The Morgan fingerprint density at radius 1 is 1.00 bits per heavy atom. The van der Waals surface area contributed by atoms with E-state index in [-0.39, 0.29) is 11.8 Å². The number of hydrogen-bond acceptors (Lipinski definition) is 4. The van der Waals surface area contributed by atoms with E-state index in [0.717, 1.165) is 34.9 Å². The molecule has 30 heavy (non-hydrogen) atoms. The average Bonchev–Trinajstić information content (AvgIpc) is 3.31. The van der Waals surface area contributed by atoms with Gasteiger partial charge in [-0.25, -0.2) is 0 Å². The largest absolute Gasteiger partial charge is 0.368 e. The number of thiophene rings is 1. The molecular formula is C23H22ClN3O2S. The molecule has 1 aliphatic rings. The highest BCUT2D eigenvalue weighted by molar-refractivity contribution is 7.12. The topological polar surface area (TPSA) is 52.7 Å². The van der Waals surface area contributed by atoms with E-state index in [0.29, 0.717) is 23.7 Å². The number of nitrogens with zero attached hydrogens (tertiary/aromatic N) is 2. The van der Waals surface area contributed by atoms with E-state index in [2.05, 4.69) is 10.2 Å². The molecule has 7 heteroatoms. The maximum Gasteiger partial charge on any atom is 0.264 e. The van der Waals surface area contributed by atoms with E-state index < -0.39 is 0 Å². The molecule has 3 aromatic rings. The lowest BCUT2D eigenvalue weighted by Gasteiger charge is -2.36. The van der Waals surface area contributed by atoms with Gasteiger partial charge in [-0.05, 0) is 60.3 Å². The van der Waals surface area contributed by atoms with Crippen molar-refractivity contribution in [2.75, 3.05) is 36.4 Å². The molecule has 0 spiro atoms. The molecule has 0 atom stereocenters. The first kappa shape index (κ1) is 20.4. The molecule has 1 aliphatic heterocycles. The number of halogens is 1. The third kappa shape index (κ3) is 4.50. The number of aryl methyl sites for hydroxylation is 1. The zero-order chi connectivity index (χ0) is 21.1. The van der Waals surface area contributed by atoms with Crippen LogP contribution in [0.1, 0.15) is 25.6 Å². The summed E-state index contributed by atoms with van der Waals surface area (Å²) < 4.78 is 0. The zero-order valence-corrected chi connectivity index (χ0v) is 18.2. The van der Waals surface area contributed by atoms with Gasteiger partial charge in [0.05, 0.1) is 4.88 Å². The third-order valence-electron chi connectivity index (χ3n) is 5.22. The smallest absolute Gasteiger partial charge is 0.264 e. The molecule has 1 fully saturated rings. The highest BCUT2D eigenvalue weighted by atomic mass is 35.5. The molecule has 0 bridgehead atoms. The Hall–Kier alpha value is -2.83. The SMILES string of the molecule is Cc1ccc(C(=O)Nc2ccc(N3CCN(C(=O)c4cccs4)CC3)cc2)cc1Cl. The fourth-order valence-electron chi connectivity index (χ4n) is 3.42. The van der Waals surface area contributed by atoms with Crippen molar-refractivity contribution in [1.29, 1.82) is 0 Å². The molecule has 0 aliphatic carbocycles. The number of nitrogens with one attached hydrogen (secondary N) is 1. The van der Waals surface area contributed by atoms with Crippen molar-refractivity contribution in [3.8, 4) is 0 Å². The van der Waals surface area contributed by atoms with Crippen LogP contribution in [-0.2, 0) is 0 Å². The van der Waals surface area contributed by atoms with Crippen LogP contribution in [0.4, 0.5) is 11.4 Å². The van der Waals surface area contributed by atoms with E-state index in [1.807, 2.05) is 59.7 Å². The normalized spacial score (nSPS) is 13.9. The monoisotopic (exact) mass is 439 g/mol. The van der Waals surface area contributed by atoms with Crippen LogP contribution in [-0.4, -0.2) is 42.9 Å². The lowest BCUT2D eigenvalue weighted by molar-refractivity contribution is 0.0751. The summed E-state index contributed by atoms with van der Waals surface area (Å²) in [5.41, 5.74) is 3.28. The van der Waals surface area contributed by atoms with Crippen molar-refractivity contribution in [1.82, 2.24) is 4.90 Å². The van der Waals surface area contributed by atoms with Gasteiger partial charge in [-0.1, -0.05) is 23.7 Å². The maximum atomic E-state index is 12.5. The predicted octanol–water partition coefficient (Wildman–Crippen LogP) is 4.92. The Morgan fingerprint density at radius 3 is 2.37 bits per heavy atom. The minimum atomic E-state index is -0.189. The molecule has 1 saturated heterocycles. The molecular weight excluding hydrogens is 418 g/mol. The van der Waals surface area contributed by atoms with Crippen LogP contribution < -0.4 is 10.2 Å². The van der Waals surface area contributed by atoms with Crippen LogP contribution in [0.5, 0.6) is 0 Å². The Balaban J connectivity index is 1.34. The molecule has 5 nitrogen and oxygen atoms in total. The summed E-state index contributed by atoms with van der Waals surface area (Å²) in [4.78, 5) is 29.9. The molecule has 0 saturated carbocycles. The summed E-state index contributed by atoms with van der Waals surface area (Å²) in [5, 5.41) is 5.41. The minimum absolute atomic E-state index is 0.110. The second-order valence-electron chi connectivity index (χ2n) is 7.22. The second kappa shape index (κ2) is 8.90. The highest BCUT2D eigenvalue weighted by Gasteiger charge is 2.22. The van der Waals surface area contributed by atoms with Crippen molar-refractivity contribution in [2.45, 2.75) is 6.92 Å². The number of piperazine rings is 1. The van der Waals surface area contributed by atoms with E-state index in [4.69, 9.17) is 11.6 Å². The summed E-state index contributed by atoms with van der Waals surface area (Å²) in [6, 6.07) is 16.8. The number of hydrogen-bond donors (Lipinski definition) is 1. The number of rotatable bonds is 4. The quantitative estimate of drug-likeness (QED) is 0.627. The van der Waals surface area contributed by atoms with Crippen LogP contribution in [0.25, 0.3) is 0 Å². The van der Waals surface area contributed by atoms with E-state index in [1.165, 1.54) is 11.3 Å². The summed E-state index contributed by atoms with van der Waals surface area (Å²) in [5.74, 6) is -0.0794. The van der Waals surface area contributed by atoms with Crippen molar-refractivity contribution >= 4 is 46.1 Å². The molecule has 2 aromatic carbocycles. The first-order chi connectivity index (χ1) is 14.5. The lowest BCUT2D eigenvalue weighted by atomic mass is 10.1. The fraction of sp³-hybridized carbons (Fsp3) is 0.217. The Morgan fingerprint density at radius 2 is 1.73 bits per heavy atom. The van der Waals surface area contributed by atoms with Crippen LogP contribution in [0.15, 0.2) is 60.0 Å². The van der Waals surface area contributed by atoms with Gasteiger partial charge in [-0.15, -0.1) is 11.3 Å². The van der Waals surface area contributed by atoms with Crippen LogP contribution in [0, 0.1) is 6.92 Å². The van der Waals surface area contributed by atoms with Crippen molar-refractivity contribution in [3.63, 3.8) is 0 Å². The summed E-state index contributed by atoms with van der Waals surface area (Å²) in [7, 11) is 0. The number of benzene rings is 2. The average molecular weight is 440 g/mol.